The highest BCUT2D eigenvalue weighted by molar-refractivity contribution is 8.26. The van der Waals surface area contributed by atoms with Gasteiger partial charge in [0.05, 0.1) is 4.91 Å². The first-order valence-electron chi connectivity index (χ1n) is 15.0. The van der Waals surface area contributed by atoms with Crippen molar-refractivity contribution in [3.05, 3.63) is 154 Å². The zero-order valence-corrected chi connectivity index (χ0v) is 26.6. The maximum atomic E-state index is 12.9. The minimum atomic E-state index is -1.10. The molecule has 0 radical (unpaired) electrons. The van der Waals surface area contributed by atoms with E-state index in [4.69, 9.17) is 17.0 Å². The molecule has 0 spiro atoms. The Hall–Kier alpha value is -4.46. The Balaban J connectivity index is 1.40. The van der Waals surface area contributed by atoms with E-state index in [1.165, 1.54) is 16.7 Å². The molecule has 0 aliphatic carbocycles. The topological polar surface area (TPSA) is 66.8 Å². The second kappa shape index (κ2) is 16.0. The second-order valence-corrected chi connectivity index (χ2v) is 12.5. The molecule has 1 heterocycles. The lowest BCUT2D eigenvalue weighted by Crippen LogP contribution is -2.33. The monoisotopic (exact) mass is 633 g/mol. The van der Waals surface area contributed by atoms with Crippen LogP contribution in [0.4, 0.5) is 0 Å². The van der Waals surface area contributed by atoms with Crippen LogP contribution < -0.4 is 4.74 Å². The molecule has 1 saturated heterocycles. The van der Waals surface area contributed by atoms with E-state index in [2.05, 4.69) is 54.6 Å². The van der Waals surface area contributed by atoms with Crippen molar-refractivity contribution >= 4 is 46.3 Å². The van der Waals surface area contributed by atoms with E-state index in [9.17, 15) is 14.7 Å². The van der Waals surface area contributed by atoms with Gasteiger partial charge in [0.15, 0.2) is 0 Å². The lowest BCUT2D eigenvalue weighted by Gasteiger charge is -2.14. The van der Waals surface area contributed by atoms with E-state index in [-0.39, 0.29) is 10.2 Å². The van der Waals surface area contributed by atoms with Crippen LogP contribution in [0, 0.1) is 0 Å². The number of hydrogen-bond acceptors (Lipinski definition) is 5. The molecular weight excluding hydrogens is 599 g/mol. The third-order valence-corrected chi connectivity index (χ3v) is 8.93. The minimum absolute atomic E-state index is 0.251. The number of carbonyl (C=O) groups is 2. The minimum Gasteiger partial charge on any atom is -0.489 e. The van der Waals surface area contributed by atoms with Crippen LogP contribution >= 0.6 is 24.0 Å². The zero-order chi connectivity index (χ0) is 31.4. The van der Waals surface area contributed by atoms with E-state index in [1.807, 2.05) is 60.7 Å². The Morgan fingerprint density at radius 3 is 1.98 bits per heavy atom. The number of allylic oxidation sites excluding steroid dienone is 2. The van der Waals surface area contributed by atoms with Gasteiger partial charge in [0, 0.05) is 0 Å². The fourth-order valence-electron chi connectivity index (χ4n) is 5.13. The van der Waals surface area contributed by atoms with Crippen molar-refractivity contribution in [2.45, 2.75) is 38.7 Å². The van der Waals surface area contributed by atoms with Gasteiger partial charge in [-0.25, -0.2) is 0 Å². The van der Waals surface area contributed by atoms with E-state index in [0.29, 0.717) is 17.9 Å². The summed E-state index contributed by atoms with van der Waals surface area (Å²) >= 11 is 6.41. The molecule has 0 unspecified atom stereocenters. The summed E-state index contributed by atoms with van der Waals surface area (Å²) in [5.41, 5.74) is 6.94. The number of benzene rings is 4. The molecule has 45 heavy (non-hydrogen) atoms. The number of hydrogen-bond donors (Lipinski definition) is 1. The van der Waals surface area contributed by atoms with Gasteiger partial charge in [0.1, 0.15) is 23.2 Å². The second-order valence-electron chi connectivity index (χ2n) is 10.8. The maximum Gasteiger partial charge on any atom is 0.323 e. The molecule has 1 fully saturated rings. The predicted octanol–water partition coefficient (Wildman–Crippen LogP) is 8.29. The number of carboxylic acid groups (broad SMARTS) is 1. The fourth-order valence-corrected chi connectivity index (χ4v) is 6.39. The number of rotatable bonds is 14. The van der Waals surface area contributed by atoms with Crippen LogP contribution in [-0.2, 0) is 35.5 Å². The summed E-state index contributed by atoms with van der Waals surface area (Å²) in [6, 6.07) is 37.1. The molecule has 5 nitrogen and oxygen atoms in total. The molecule has 0 bridgehead atoms. The average molecular weight is 634 g/mol. The summed E-state index contributed by atoms with van der Waals surface area (Å²) in [7, 11) is 0. The SMILES string of the molecule is O=C(O)CN1C(=O)/C(=C/c2ccc(OCc3ccccc3)c(CC=C(CCc3ccccc3)CCc3ccccc3)c2)SC1=S. The molecule has 1 amide bonds. The van der Waals surface area contributed by atoms with Crippen LogP contribution in [0.1, 0.15) is 40.7 Å². The summed E-state index contributed by atoms with van der Waals surface area (Å²) in [5, 5.41) is 9.19. The Morgan fingerprint density at radius 1 is 0.822 bits per heavy atom. The normalized spacial score (nSPS) is 13.7. The molecule has 7 heteroatoms. The Kier molecular flexibility index (Phi) is 11.4. The highest BCUT2D eigenvalue weighted by Gasteiger charge is 2.33. The number of thioether (sulfide) groups is 1. The molecule has 5 rings (SSSR count). The molecule has 4 aromatic carbocycles. The highest BCUT2D eigenvalue weighted by atomic mass is 32.2. The number of aryl methyl sites for hydroxylation is 2. The van der Waals surface area contributed by atoms with Gasteiger partial charge in [0.25, 0.3) is 5.91 Å². The van der Waals surface area contributed by atoms with Crippen LogP contribution in [0.2, 0.25) is 0 Å². The van der Waals surface area contributed by atoms with Gasteiger partial charge in [-0.15, -0.1) is 0 Å². The lowest BCUT2D eigenvalue weighted by atomic mass is 9.96. The van der Waals surface area contributed by atoms with Crippen molar-refractivity contribution in [1.29, 1.82) is 0 Å². The van der Waals surface area contributed by atoms with Gasteiger partial charge >= 0.3 is 5.97 Å². The summed E-state index contributed by atoms with van der Waals surface area (Å²) in [4.78, 5) is 25.7. The standard InChI is InChI=1S/C38H35NO4S2/c40-36(41)26-39-37(42)35(45-38(39)44)25-32-21-23-34(43-27-31-14-8-3-9-15-31)33(24-32)22-20-30(18-16-28-10-4-1-5-11-28)19-17-29-12-6-2-7-13-29/h1-15,20-21,23-25H,16-19,22,26-27H2,(H,40,41)/b35-25-. The van der Waals surface area contributed by atoms with E-state index in [0.717, 1.165) is 64.8 Å². The summed E-state index contributed by atoms with van der Waals surface area (Å²) in [6.07, 6.45) is 8.64. The molecule has 4 aromatic rings. The third kappa shape index (κ3) is 9.51. The quantitative estimate of drug-likeness (QED) is 0.0857. The number of amides is 1. The number of ether oxygens (including phenoxy) is 1. The van der Waals surface area contributed by atoms with E-state index < -0.39 is 12.5 Å². The number of aliphatic carboxylic acids is 1. The summed E-state index contributed by atoms with van der Waals surface area (Å²) < 4.78 is 6.57. The molecule has 1 aliphatic heterocycles. The fraction of sp³-hybridized carbons (Fsp3) is 0.184. The molecule has 0 atom stereocenters. The van der Waals surface area contributed by atoms with E-state index in [1.54, 1.807) is 6.08 Å². The number of carbonyl (C=O) groups excluding carboxylic acids is 1. The van der Waals surface area contributed by atoms with Crippen LogP contribution in [0.5, 0.6) is 5.75 Å². The molecular formula is C38H35NO4S2. The van der Waals surface area contributed by atoms with Crippen LogP contribution in [-0.4, -0.2) is 32.7 Å². The molecule has 0 saturated carbocycles. The van der Waals surface area contributed by atoms with Crippen molar-refractivity contribution in [2.24, 2.45) is 0 Å². The lowest BCUT2D eigenvalue weighted by molar-refractivity contribution is -0.140. The molecule has 1 N–H and O–H groups in total. The predicted molar refractivity (Wildman–Crippen MR) is 186 cm³/mol. The van der Waals surface area contributed by atoms with E-state index >= 15 is 0 Å². The van der Waals surface area contributed by atoms with Gasteiger partial charge in [-0.1, -0.05) is 133 Å². The van der Waals surface area contributed by atoms with Crippen molar-refractivity contribution < 1.29 is 19.4 Å². The average Bonchev–Trinajstić information content (AvgIpc) is 3.32. The first-order chi connectivity index (χ1) is 21.9. The van der Waals surface area contributed by atoms with Gasteiger partial charge < -0.3 is 9.84 Å². The maximum absolute atomic E-state index is 12.9. The van der Waals surface area contributed by atoms with Gasteiger partial charge in [-0.2, -0.15) is 0 Å². The molecule has 1 aliphatic rings. The van der Waals surface area contributed by atoms with Crippen molar-refractivity contribution in [1.82, 2.24) is 4.90 Å². The van der Waals surface area contributed by atoms with Gasteiger partial charge in [-0.05, 0) is 78.1 Å². The van der Waals surface area contributed by atoms with Crippen LogP contribution in [0.25, 0.3) is 6.08 Å². The Bertz CT molecular complexity index is 1640. The van der Waals surface area contributed by atoms with Crippen molar-refractivity contribution in [3.8, 4) is 5.75 Å². The third-order valence-electron chi connectivity index (χ3n) is 7.55. The number of thiocarbonyl (C=S) groups is 1. The van der Waals surface area contributed by atoms with Gasteiger partial charge in [-0.3, -0.25) is 14.5 Å². The summed E-state index contributed by atoms with van der Waals surface area (Å²) in [5.74, 6) is -0.699. The van der Waals surface area contributed by atoms with Crippen molar-refractivity contribution in [2.75, 3.05) is 6.54 Å². The van der Waals surface area contributed by atoms with Gasteiger partial charge in [0.2, 0.25) is 0 Å². The number of nitrogens with zero attached hydrogens (tertiary/aromatic N) is 1. The van der Waals surface area contributed by atoms with Crippen molar-refractivity contribution in [3.63, 3.8) is 0 Å². The Morgan fingerprint density at radius 2 is 1.40 bits per heavy atom. The zero-order valence-electron chi connectivity index (χ0n) is 24.9. The smallest absolute Gasteiger partial charge is 0.323 e. The molecule has 228 valence electrons. The van der Waals surface area contributed by atoms with Crippen LogP contribution in [0.15, 0.2) is 126 Å². The Labute approximate surface area is 274 Å². The number of carboxylic acids is 1. The first kappa shape index (κ1) is 31.9. The van der Waals surface area contributed by atoms with Crippen LogP contribution in [0.3, 0.4) is 0 Å². The largest absolute Gasteiger partial charge is 0.489 e. The summed E-state index contributed by atoms with van der Waals surface area (Å²) in [6.45, 7) is -0.00132. The first-order valence-corrected chi connectivity index (χ1v) is 16.2. The molecule has 0 aromatic heterocycles. The highest BCUT2D eigenvalue weighted by Crippen LogP contribution is 2.33.